The van der Waals surface area contributed by atoms with Gasteiger partial charge in [0.05, 0.1) is 17.9 Å². The fourth-order valence-electron chi connectivity index (χ4n) is 7.71. The molecule has 2 saturated heterocycles. The molecule has 0 radical (unpaired) electrons. The summed E-state index contributed by atoms with van der Waals surface area (Å²) in [5, 5.41) is 6.28. The van der Waals surface area contributed by atoms with Gasteiger partial charge in [0.2, 0.25) is 17.7 Å². The zero-order valence-electron chi connectivity index (χ0n) is 26.5. The van der Waals surface area contributed by atoms with Crippen molar-refractivity contribution >= 4 is 23.4 Å². The lowest BCUT2D eigenvalue weighted by Crippen LogP contribution is -2.57. The lowest BCUT2D eigenvalue weighted by molar-refractivity contribution is -0.141. The van der Waals surface area contributed by atoms with Gasteiger partial charge in [-0.25, -0.2) is 0 Å². The number of benzene rings is 2. The number of hydrogen-bond donors (Lipinski definition) is 2. The maximum Gasteiger partial charge on any atom is 0.246 e. The van der Waals surface area contributed by atoms with Crippen molar-refractivity contribution in [3.8, 4) is 11.5 Å². The molecule has 2 aromatic rings. The number of para-hydroxylation sites is 1. The molecule has 5 atom stereocenters. The first-order chi connectivity index (χ1) is 21.9. The molecule has 0 aromatic heterocycles. The Hall–Kier alpha value is -3.69. The van der Waals surface area contributed by atoms with E-state index in [9.17, 15) is 14.4 Å². The minimum atomic E-state index is -1.16. The van der Waals surface area contributed by atoms with Crippen LogP contribution in [0.15, 0.2) is 66.7 Å². The summed E-state index contributed by atoms with van der Waals surface area (Å²) in [6.45, 7) is 7.25. The van der Waals surface area contributed by atoms with Gasteiger partial charge in [-0.15, -0.1) is 0 Å². The molecule has 240 valence electrons. The third-order valence-corrected chi connectivity index (χ3v) is 9.71. The molecule has 45 heavy (non-hydrogen) atoms. The molecule has 9 nitrogen and oxygen atoms in total. The average Bonchev–Trinajstić information content (AvgIpc) is 3.69. The highest BCUT2D eigenvalue weighted by molar-refractivity contribution is 6.02. The number of ether oxygens (including phenoxy) is 2. The predicted octanol–water partition coefficient (Wildman–Crippen LogP) is 5.14. The minimum Gasteiger partial charge on any atom is -0.457 e. The van der Waals surface area contributed by atoms with Crippen LogP contribution in [0.5, 0.6) is 11.5 Å². The molecule has 1 saturated carbocycles. The van der Waals surface area contributed by atoms with Crippen LogP contribution in [0.25, 0.3) is 0 Å². The molecule has 0 unspecified atom stereocenters. The Morgan fingerprint density at radius 3 is 2.31 bits per heavy atom. The van der Waals surface area contributed by atoms with E-state index in [0.717, 1.165) is 57.4 Å². The first-order valence-corrected chi connectivity index (χ1v) is 16.8. The lowest BCUT2D eigenvalue weighted by Gasteiger charge is -2.35. The Morgan fingerprint density at radius 2 is 1.62 bits per heavy atom. The van der Waals surface area contributed by atoms with E-state index < -0.39 is 29.6 Å². The van der Waals surface area contributed by atoms with Crippen molar-refractivity contribution in [3.05, 3.63) is 66.7 Å². The van der Waals surface area contributed by atoms with Crippen molar-refractivity contribution in [2.75, 3.05) is 31.5 Å². The van der Waals surface area contributed by atoms with Crippen molar-refractivity contribution in [1.82, 2.24) is 15.1 Å². The second-order valence-corrected chi connectivity index (χ2v) is 12.8. The van der Waals surface area contributed by atoms with Crippen molar-refractivity contribution in [2.45, 2.75) is 82.6 Å². The standard InChI is InChI=1S/C36H46N4O5/c1-3-21-39(22-4-2)23-24-40-32(34(42)38-25-11-7-5-8-12-25)36-20-19-29(45-36)30(31(36)35(40)43)33(41)37-26-15-17-28(18-16-26)44-27-13-9-6-10-14-27/h6,9-10,13-20,25,29-32H,3-5,7-8,11-12,21-24H2,1-2H3,(H,37,41)(H,38,42)/t29-,30-,31-,32-,36+/m1/s1. The number of amides is 3. The van der Waals surface area contributed by atoms with Gasteiger partial charge >= 0.3 is 0 Å². The van der Waals surface area contributed by atoms with E-state index in [-0.39, 0.29) is 23.8 Å². The van der Waals surface area contributed by atoms with E-state index in [0.29, 0.717) is 24.5 Å². The van der Waals surface area contributed by atoms with Gasteiger partial charge in [-0.1, -0.05) is 63.5 Å². The van der Waals surface area contributed by atoms with Crippen molar-refractivity contribution in [2.24, 2.45) is 11.8 Å². The van der Waals surface area contributed by atoms with Crippen LogP contribution in [-0.2, 0) is 19.1 Å². The van der Waals surface area contributed by atoms with Crippen LogP contribution in [-0.4, -0.2) is 77.5 Å². The highest BCUT2D eigenvalue weighted by Gasteiger charge is 2.72. The van der Waals surface area contributed by atoms with Crippen molar-refractivity contribution < 1.29 is 23.9 Å². The molecule has 1 aliphatic carbocycles. The molecule has 3 fully saturated rings. The fourth-order valence-corrected chi connectivity index (χ4v) is 7.71. The quantitative estimate of drug-likeness (QED) is 0.303. The summed E-state index contributed by atoms with van der Waals surface area (Å²) in [5.41, 5.74) is -0.555. The van der Waals surface area contributed by atoms with Crippen molar-refractivity contribution in [1.29, 1.82) is 0 Å². The van der Waals surface area contributed by atoms with E-state index in [1.165, 1.54) is 6.42 Å². The Balaban J connectivity index is 1.21. The predicted molar refractivity (Wildman–Crippen MR) is 173 cm³/mol. The van der Waals surface area contributed by atoms with Gasteiger partial charge < -0.3 is 29.9 Å². The first kappa shape index (κ1) is 31.3. The summed E-state index contributed by atoms with van der Waals surface area (Å²) in [6, 6.07) is 16.0. The Morgan fingerprint density at radius 1 is 0.933 bits per heavy atom. The average molecular weight is 615 g/mol. The molecule has 9 heteroatoms. The number of likely N-dealkylation sites (tertiary alicyclic amines) is 1. The fraction of sp³-hybridized carbons (Fsp3) is 0.528. The summed E-state index contributed by atoms with van der Waals surface area (Å²) in [4.78, 5) is 46.3. The number of nitrogens with one attached hydrogen (secondary N) is 2. The Kier molecular flexibility index (Phi) is 9.56. The second kappa shape index (κ2) is 13.7. The van der Waals surface area contributed by atoms with Crippen LogP contribution in [0.2, 0.25) is 0 Å². The molecule has 6 rings (SSSR count). The normalized spacial score (nSPS) is 27.2. The summed E-state index contributed by atoms with van der Waals surface area (Å²) >= 11 is 0. The molecule has 2 bridgehead atoms. The maximum absolute atomic E-state index is 14.3. The van der Waals surface area contributed by atoms with Crippen LogP contribution in [0.1, 0.15) is 58.8 Å². The Bertz CT molecular complexity index is 1370. The smallest absolute Gasteiger partial charge is 0.246 e. The third kappa shape index (κ3) is 6.38. The van der Waals surface area contributed by atoms with Crippen molar-refractivity contribution in [3.63, 3.8) is 0 Å². The first-order valence-electron chi connectivity index (χ1n) is 16.8. The third-order valence-electron chi connectivity index (χ3n) is 9.71. The monoisotopic (exact) mass is 614 g/mol. The second-order valence-electron chi connectivity index (χ2n) is 12.8. The highest BCUT2D eigenvalue weighted by atomic mass is 16.5. The molecular weight excluding hydrogens is 568 g/mol. The van der Waals surface area contributed by atoms with Crippen LogP contribution >= 0.6 is 0 Å². The largest absolute Gasteiger partial charge is 0.457 e. The van der Waals surface area contributed by atoms with Gasteiger partial charge in [0.15, 0.2) is 0 Å². The molecule has 4 aliphatic rings. The minimum absolute atomic E-state index is 0.103. The molecule has 2 aromatic carbocycles. The van der Waals surface area contributed by atoms with Crippen LogP contribution in [0, 0.1) is 11.8 Å². The number of fused-ring (bicyclic) bond motifs is 1. The molecule has 3 heterocycles. The summed E-state index contributed by atoms with van der Waals surface area (Å²) < 4.78 is 12.4. The van der Waals surface area contributed by atoms with Gasteiger partial charge in [0.1, 0.15) is 23.1 Å². The zero-order chi connectivity index (χ0) is 31.4. The van der Waals surface area contributed by atoms with E-state index >= 15 is 0 Å². The van der Waals surface area contributed by atoms with Gasteiger partial charge in [-0.3, -0.25) is 14.4 Å². The van der Waals surface area contributed by atoms with E-state index in [4.69, 9.17) is 9.47 Å². The van der Waals surface area contributed by atoms with Gasteiger partial charge in [0, 0.05) is 24.8 Å². The number of carbonyl (C=O) groups excluding carboxylic acids is 3. The number of anilines is 1. The van der Waals surface area contributed by atoms with E-state index in [1.807, 2.05) is 42.5 Å². The Labute approximate surface area is 266 Å². The van der Waals surface area contributed by atoms with E-state index in [2.05, 4.69) is 29.4 Å². The van der Waals surface area contributed by atoms with Crippen LogP contribution in [0.3, 0.4) is 0 Å². The van der Waals surface area contributed by atoms with E-state index in [1.54, 1.807) is 29.2 Å². The van der Waals surface area contributed by atoms with Gasteiger partial charge in [-0.05, 0) is 75.2 Å². The molecule has 3 aliphatic heterocycles. The lowest BCUT2D eigenvalue weighted by atomic mass is 9.74. The maximum atomic E-state index is 14.3. The number of rotatable bonds is 13. The summed E-state index contributed by atoms with van der Waals surface area (Å²) in [6.07, 6.45) is 10.5. The number of carbonyl (C=O) groups is 3. The van der Waals surface area contributed by atoms with Gasteiger partial charge in [0.25, 0.3) is 0 Å². The number of nitrogens with zero attached hydrogens (tertiary/aromatic N) is 2. The number of hydrogen-bond acceptors (Lipinski definition) is 6. The molecule has 3 amide bonds. The summed E-state index contributed by atoms with van der Waals surface area (Å²) in [5.74, 6) is -0.752. The van der Waals surface area contributed by atoms with Crippen LogP contribution in [0.4, 0.5) is 5.69 Å². The molecule has 1 spiro atoms. The molecular formula is C36H46N4O5. The van der Waals surface area contributed by atoms with Crippen LogP contribution < -0.4 is 15.4 Å². The summed E-state index contributed by atoms with van der Waals surface area (Å²) in [7, 11) is 0. The van der Waals surface area contributed by atoms with Gasteiger partial charge in [-0.2, -0.15) is 0 Å². The molecule has 2 N–H and O–H groups in total. The SMILES string of the molecule is CCCN(CCC)CCN1C(=O)[C@H]2[C@H](C(=O)Nc3ccc(Oc4ccccc4)cc3)[C@H]3C=C[C@@]2(O3)[C@H]1C(=O)NC1CCCCC1. The topological polar surface area (TPSA) is 100 Å². The zero-order valence-corrected chi connectivity index (χ0v) is 26.5. The highest BCUT2D eigenvalue weighted by Crippen LogP contribution is 2.55.